The molecule has 0 saturated carbocycles. The fraction of sp³-hybridized carbons (Fsp3) is 0.611. The maximum Gasteiger partial charge on any atom is 0.191 e. The molecule has 0 aromatic heterocycles. The highest BCUT2D eigenvalue weighted by Crippen LogP contribution is 2.32. The van der Waals surface area contributed by atoms with Crippen LogP contribution >= 0.6 is 24.0 Å². The summed E-state index contributed by atoms with van der Waals surface area (Å²) >= 11 is 0. The molecule has 140 valence electrons. The lowest BCUT2D eigenvalue weighted by Gasteiger charge is -2.36. The molecule has 0 spiro atoms. The summed E-state index contributed by atoms with van der Waals surface area (Å²) in [5.41, 5.74) is 1.04. The Labute approximate surface area is 166 Å². The molecule has 2 heterocycles. The smallest absolute Gasteiger partial charge is 0.191 e. The van der Waals surface area contributed by atoms with Gasteiger partial charge in [0.1, 0.15) is 5.75 Å². The quantitative estimate of drug-likeness (QED) is 0.364. The summed E-state index contributed by atoms with van der Waals surface area (Å²) in [5.74, 6) is 1.70. The van der Waals surface area contributed by atoms with Gasteiger partial charge in [-0.15, -0.1) is 24.0 Å². The van der Waals surface area contributed by atoms with E-state index in [1.807, 2.05) is 18.2 Å². The van der Waals surface area contributed by atoms with Crippen molar-refractivity contribution in [3.05, 3.63) is 29.8 Å². The van der Waals surface area contributed by atoms with Crippen molar-refractivity contribution in [1.29, 1.82) is 0 Å². The van der Waals surface area contributed by atoms with Crippen LogP contribution in [0.25, 0.3) is 0 Å². The maximum absolute atomic E-state index is 9.81. The van der Waals surface area contributed by atoms with Crippen molar-refractivity contribution in [2.24, 2.45) is 10.4 Å². The van der Waals surface area contributed by atoms with Crippen LogP contribution in [0, 0.1) is 5.41 Å². The van der Waals surface area contributed by atoms with E-state index in [0.717, 1.165) is 36.5 Å². The van der Waals surface area contributed by atoms with Crippen LogP contribution < -0.4 is 15.4 Å². The number of guanidine groups is 1. The van der Waals surface area contributed by atoms with E-state index < -0.39 is 0 Å². The number of halogens is 1. The van der Waals surface area contributed by atoms with E-state index in [2.05, 4.69) is 21.7 Å². The maximum atomic E-state index is 9.81. The molecule has 0 bridgehead atoms. The zero-order valence-electron chi connectivity index (χ0n) is 14.7. The molecule has 1 atom stereocenters. The van der Waals surface area contributed by atoms with Crippen molar-refractivity contribution in [2.45, 2.75) is 25.3 Å². The summed E-state index contributed by atoms with van der Waals surface area (Å²) in [6, 6.07) is 8.29. The Bertz CT molecular complexity index is 576. The van der Waals surface area contributed by atoms with Gasteiger partial charge in [0, 0.05) is 44.2 Å². The summed E-state index contributed by atoms with van der Waals surface area (Å²) in [7, 11) is 1.77. The average Bonchev–Trinajstić information content (AvgIpc) is 2.66. The van der Waals surface area contributed by atoms with Crippen molar-refractivity contribution < 1.29 is 14.6 Å². The van der Waals surface area contributed by atoms with E-state index in [9.17, 15) is 5.11 Å². The van der Waals surface area contributed by atoms with Crippen LogP contribution in [0.1, 0.15) is 30.9 Å². The molecule has 25 heavy (non-hydrogen) atoms. The van der Waals surface area contributed by atoms with Crippen molar-refractivity contribution in [3.8, 4) is 5.75 Å². The topological polar surface area (TPSA) is 75.1 Å². The number of nitrogens with zero attached hydrogens (tertiary/aromatic N) is 1. The molecule has 0 aliphatic carbocycles. The second-order valence-electron chi connectivity index (χ2n) is 6.57. The minimum absolute atomic E-state index is 0. The van der Waals surface area contributed by atoms with E-state index in [-0.39, 0.29) is 42.0 Å². The molecule has 1 aromatic rings. The second-order valence-corrected chi connectivity index (χ2v) is 6.57. The number of fused-ring (bicyclic) bond motifs is 1. The van der Waals surface area contributed by atoms with Crippen molar-refractivity contribution in [2.75, 3.05) is 40.0 Å². The van der Waals surface area contributed by atoms with Crippen LogP contribution in [-0.4, -0.2) is 51.1 Å². The lowest BCUT2D eigenvalue weighted by Crippen LogP contribution is -2.48. The lowest BCUT2D eigenvalue weighted by atomic mass is 9.81. The molecule has 1 fully saturated rings. The molecule has 1 unspecified atom stereocenters. The molecule has 7 heteroatoms. The van der Waals surface area contributed by atoms with Crippen LogP contribution in [0.3, 0.4) is 0 Å². The van der Waals surface area contributed by atoms with Crippen LogP contribution in [0.2, 0.25) is 0 Å². The predicted molar refractivity (Wildman–Crippen MR) is 109 cm³/mol. The molecular weight excluding hydrogens is 433 g/mol. The zero-order valence-corrected chi connectivity index (χ0v) is 17.0. The van der Waals surface area contributed by atoms with Gasteiger partial charge in [-0.25, -0.2) is 0 Å². The van der Waals surface area contributed by atoms with Crippen molar-refractivity contribution in [1.82, 2.24) is 10.6 Å². The Balaban J connectivity index is 0.00000225. The van der Waals surface area contributed by atoms with Crippen LogP contribution in [0.4, 0.5) is 0 Å². The fourth-order valence-corrected chi connectivity index (χ4v) is 3.32. The number of ether oxygens (including phenoxy) is 2. The zero-order chi connectivity index (χ0) is 16.8. The van der Waals surface area contributed by atoms with Gasteiger partial charge < -0.3 is 25.2 Å². The van der Waals surface area contributed by atoms with Crippen LogP contribution in [0.5, 0.6) is 5.75 Å². The van der Waals surface area contributed by atoms with E-state index >= 15 is 0 Å². The number of aliphatic imine (C=N–C) groups is 1. The van der Waals surface area contributed by atoms with Crippen molar-refractivity contribution in [3.63, 3.8) is 0 Å². The molecule has 1 saturated heterocycles. The van der Waals surface area contributed by atoms with Gasteiger partial charge in [-0.2, -0.15) is 0 Å². The van der Waals surface area contributed by atoms with Gasteiger partial charge in [-0.1, -0.05) is 18.2 Å². The van der Waals surface area contributed by atoms with E-state index in [1.165, 1.54) is 0 Å². The third-order valence-corrected chi connectivity index (χ3v) is 5.01. The molecule has 2 aliphatic rings. The lowest BCUT2D eigenvalue weighted by molar-refractivity contribution is -0.0132. The Morgan fingerprint density at radius 1 is 1.28 bits per heavy atom. The monoisotopic (exact) mass is 461 g/mol. The highest BCUT2D eigenvalue weighted by molar-refractivity contribution is 14.0. The van der Waals surface area contributed by atoms with Gasteiger partial charge in [0.2, 0.25) is 0 Å². The minimum atomic E-state index is -0.122. The van der Waals surface area contributed by atoms with Gasteiger partial charge in [0.25, 0.3) is 0 Å². The number of hydrogen-bond donors (Lipinski definition) is 3. The first kappa shape index (κ1) is 20.3. The molecule has 3 rings (SSSR count). The SMILES string of the molecule is CN=C(NCC1(CO)CCOCC1)NC1CCOc2ccccc21.I. The molecular formula is C18H28IN3O3. The highest BCUT2D eigenvalue weighted by Gasteiger charge is 2.32. The number of rotatable bonds is 4. The number of aliphatic hydroxyl groups excluding tert-OH is 1. The Morgan fingerprint density at radius 3 is 2.76 bits per heavy atom. The molecule has 6 nitrogen and oxygen atoms in total. The first-order valence-corrected chi connectivity index (χ1v) is 8.64. The summed E-state index contributed by atoms with van der Waals surface area (Å²) in [6.45, 7) is 2.98. The third kappa shape index (κ3) is 4.98. The Kier molecular flexibility index (Phi) is 7.77. The largest absolute Gasteiger partial charge is 0.493 e. The predicted octanol–water partition coefficient (Wildman–Crippen LogP) is 2.08. The van der Waals surface area contributed by atoms with Gasteiger partial charge in [0.15, 0.2) is 5.96 Å². The molecule has 1 aromatic carbocycles. The van der Waals surface area contributed by atoms with Gasteiger partial charge in [-0.05, 0) is 18.9 Å². The molecule has 3 N–H and O–H groups in total. The Morgan fingerprint density at radius 2 is 2.04 bits per heavy atom. The number of aliphatic hydroxyl groups is 1. The molecule has 2 aliphatic heterocycles. The standard InChI is InChI=1S/C18H27N3O3.HI/c1-19-17(20-12-18(13-22)7-10-23-11-8-18)21-15-6-9-24-16-5-3-2-4-14(15)16;/h2-5,15,22H,6-13H2,1H3,(H2,19,20,21);1H. The van der Waals surface area contributed by atoms with Gasteiger partial charge in [0.05, 0.1) is 19.3 Å². The molecule has 0 radical (unpaired) electrons. The van der Waals surface area contributed by atoms with E-state index in [1.54, 1.807) is 7.05 Å². The first-order chi connectivity index (χ1) is 11.8. The van der Waals surface area contributed by atoms with Gasteiger partial charge >= 0.3 is 0 Å². The number of benzene rings is 1. The van der Waals surface area contributed by atoms with E-state index in [4.69, 9.17) is 9.47 Å². The first-order valence-electron chi connectivity index (χ1n) is 8.64. The number of hydrogen-bond acceptors (Lipinski definition) is 4. The summed E-state index contributed by atoms with van der Waals surface area (Å²) in [6.07, 6.45) is 2.64. The summed E-state index contributed by atoms with van der Waals surface area (Å²) in [5, 5.41) is 16.7. The third-order valence-electron chi connectivity index (χ3n) is 5.01. The number of para-hydroxylation sites is 1. The highest BCUT2D eigenvalue weighted by atomic mass is 127. The second kappa shape index (κ2) is 9.59. The molecule has 0 amide bonds. The van der Waals surface area contributed by atoms with Crippen LogP contribution in [0.15, 0.2) is 29.3 Å². The Hall–Kier alpha value is -1.06. The fourth-order valence-electron chi connectivity index (χ4n) is 3.32. The van der Waals surface area contributed by atoms with Crippen LogP contribution in [-0.2, 0) is 4.74 Å². The summed E-state index contributed by atoms with van der Waals surface area (Å²) in [4.78, 5) is 4.35. The van der Waals surface area contributed by atoms with E-state index in [0.29, 0.717) is 26.4 Å². The average molecular weight is 461 g/mol. The van der Waals surface area contributed by atoms with Gasteiger partial charge in [-0.3, -0.25) is 4.99 Å². The minimum Gasteiger partial charge on any atom is -0.493 e. The van der Waals surface area contributed by atoms with Crippen molar-refractivity contribution >= 4 is 29.9 Å². The summed E-state index contributed by atoms with van der Waals surface area (Å²) < 4.78 is 11.1. The normalized spacial score (nSPS) is 22.2. The number of nitrogens with one attached hydrogen (secondary N) is 2.